The average molecular weight is 384 g/mol. The summed E-state index contributed by atoms with van der Waals surface area (Å²) < 4.78 is 11.0. The molecule has 0 saturated carbocycles. The van der Waals surface area contributed by atoms with E-state index in [9.17, 15) is 4.79 Å². The third kappa shape index (κ3) is 8.94. The number of unbranched alkanes of at least 4 members (excludes halogenated alkanes) is 5. The molecule has 0 aliphatic carbocycles. The predicted molar refractivity (Wildman–Crippen MR) is 115 cm³/mol. The Hall–Kier alpha value is -2.49. The van der Waals surface area contributed by atoms with Gasteiger partial charge in [0.15, 0.2) is 0 Å². The summed E-state index contributed by atoms with van der Waals surface area (Å²) in [6, 6.07) is 18.0. The molecule has 0 unspecified atom stereocenters. The number of hydrogen-bond acceptors (Lipinski definition) is 4. The van der Waals surface area contributed by atoms with Crippen LogP contribution in [0.25, 0.3) is 0 Å². The lowest BCUT2D eigenvalue weighted by Crippen LogP contribution is -2.10. The van der Waals surface area contributed by atoms with Gasteiger partial charge in [-0.3, -0.25) is 4.79 Å². The Morgan fingerprint density at radius 3 is 2.04 bits per heavy atom. The fourth-order valence-corrected chi connectivity index (χ4v) is 2.93. The van der Waals surface area contributed by atoms with Crippen molar-refractivity contribution < 1.29 is 14.3 Å². The van der Waals surface area contributed by atoms with Gasteiger partial charge < -0.3 is 14.4 Å². The number of nitrogens with zero attached hydrogens (tertiary/aromatic N) is 1. The lowest BCUT2D eigenvalue weighted by Gasteiger charge is -2.12. The van der Waals surface area contributed by atoms with Gasteiger partial charge in [0.25, 0.3) is 0 Å². The minimum atomic E-state index is -0.143. The van der Waals surface area contributed by atoms with Crippen LogP contribution in [0.1, 0.15) is 44.1 Å². The van der Waals surface area contributed by atoms with E-state index >= 15 is 0 Å². The highest BCUT2D eigenvalue weighted by atomic mass is 16.5. The van der Waals surface area contributed by atoms with Crippen molar-refractivity contribution in [2.24, 2.45) is 0 Å². The highest BCUT2D eigenvalue weighted by Crippen LogP contribution is 2.13. The lowest BCUT2D eigenvalue weighted by molar-refractivity contribution is -0.142. The fourth-order valence-electron chi connectivity index (χ4n) is 2.93. The van der Waals surface area contributed by atoms with Crippen molar-refractivity contribution >= 4 is 11.7 Å². The maximum Gasteiger partial charge on any atom is 0.310 e. The van der Waals surface area contributed by atoms with Gasteiger partial charge in [-0.05, 0) is 42.7 Å². The first-order valence-corrected chi connectivity index (χ1v) is 10.2. The summed E-state index contributed by atoms with van der Waals surface area (Å²) in [5.41, 5.74) is 2.12. The first kappa shape index (κ1) is 21.8. The third-order valence-corrected chi connectivity index (χ3v) is 4.61. The Morgan fingerprint density at radius 2 is 1.39 bits per heavy atom. The van der Waals surface area contributed by atoms with Gasteiger partial charge in [-0.25, -0.2) is 0 Å². The molecule has 0 N–H and O–H groups in total. The predicted octanol–water partition coefficient (Wildman–Crippen LogP) is 5.26. The smallest absolute Gasteiger partial charge is 0.310 e. The zero-order valence-corrected chi connectivity index (χ0v) is 17.2. The highest BCUT2D eigenvalue weighted by Gasteiger charge is 2.05. The summed E-state index contributed by atoms with van der Waals surface area (Å²) in [4.78, 5) is 13.9. The Labute approximate surface area is 169 Å². The van der Waals surface area contributed by atoms with Crippen LogP contribution in [0, 0.1) is 0 Å². The van der Waals surface area contributed by atoms with E-state index in [-0.39, 0.29) is 5.97 Å². The van der Waals surface area contributed by atoms with Crippen LogP contribution in [0.4, 0.5) is 5.69 Å². The standard InChI is InChI=1S/C24H33NO3/c1-25(2)22-16-14-21(15-17-22)20-24(26)28-19-11-6-4-3-5-10-18-27-23-12-8-7-9-13-23/h7-9,12-17H,3-6,10-11,18-20H2,1-2H3. The SMILES string of the molecule is CN(C)c1ccc(CC(=O)OCCCCCCCCOc2ccccc2)cc1. The van der Waals surface area contributed by atoms with E-state index in [1.54, 1.807) is 0 Å². The zero-order valence-electron chi connectivity index (χ0n) is 17.2. The number of carbonyl (C=O) groups is 1. The van der Waals surface area contributed by atoms with Crippen LogP contribution < -0.4 is 9.64 Å². The number of rotatable bonds is 13. The van der Waals surface area contributed by atoms with Crippen LogP contribution in [0.5, 0.6) is 5.75 Å². The second-order valence-electron chi connectivity index (χ2n) is 7.24. The Morgan fingerprint density at radius 1 is 0.786 bits per heavy atom. The van der Waals surface area contributed by atoms with Crippen LogP contribution in [0.3, 0.4) is 0 Å². The van der Waals surface area contributed by atoms with Gasteiger partial charge in [0, 0.05) is 19.8 Å². The number of esters is 1. The molecule has 0 bridgehead atoms. The number of benzene rings is 2. The second kappa shape index (κ2) is 12.8. The Bertz CT molecular complexity index is 668. The van der Waals surface area contributed by atoms with Crippen LogP contribution >= 0.6 is 0 Å². The van der Waals surface area contributed by atoms with Crippen LogP contribution in [0.15, 0.2) is 54.6 Å². The fraction of sp³-hybridized carbons (Fsp3) is 0.458. The molecule has 4 heteroatoms. The second-order valence-corrected chi connectivity index (χ2v) is 7.24. The first-order chi connectivity index (χ1) is 13.6. The molecular formula is C24H33NO3. The maximum absolute atomic E-state index is 11.9. The van der Waals surface area contributed by atoms with Crippen LogP contribution in [0.2, 0.25) is 0 Å². The molecule has 0 amide bonds. The summed E-state index contributed by atoms with van der Waals surface area (Å²) >= 11 is 0. The monoisotopic (exact) mass is 383 g/mol. The van der Waals surface area contributed by atoms with Crippen LogP contribution in [-0.4, -0.2) is 33.3 Å². The average Bonchev–Trinajstić information content (AvgIpc) is 2.70. The van der Waals surface area contributed by atoms with E-state index in [1.807, 2.05) is 73.6 Å². The Kier molecular flexibility index (Phi) is 9.98. The zero-order chi connectivity index (χ0) is 20.0. The molecule has 0 saturated heterocycles. The molecule has 0 heterocycles. The van der Waals surface area contributed by atoms with Crippen molar-refractivity contribution in [2.45, 2.75) is 44.9 Å². The molecule has 152 valence electrons. The van der Waals surface area contributed by atoms with Gasteiger partial charge in [-0.2, -0.15) is 0 Å². The van der Waals surface area contributed by atoms with Crippen molar-refractivity contribution in [2.75, 3.05) is 32.2 Å². The molecule has 0 aromatic heterocycles. The number of carbonyl (C=O) groups excluding carboxylic acids is 1. The van der Waals surface area contributed by atoms with Gasteiger partial charge in [0.05, 0.1) is 19.6 Å². The molecule has 4 nitrogen and oxygen atoms in total. The molecular weight excluding hydrogens is 350 g/mol. The summed E-state index contributed by atoms with van der Waals surface area (Å²) in [6.45, 7) is 1.29. The largest absolute Gasteiger partial charge is 0.494 e. The number of hydrogen-bond donors (Lipinski definition) is 0. The number of para-hydroxylation sites is 1. The Balaban J connectivity index is 1.43. The van der Waals surface area contributed by atoms with Gasteiger partial charge in [-0.15, -0.1) is 0 Å². The van der Waals surface area contributed by atoms with E-state index in [0.717, 1.165) is 42.9 Å². The molecule has 0 aliphatic rings. The lowest BCUT2D eigenvalue weighted by atomic mass is 10.1. The van der Waals surface area contributed by atoms with Crippen molar-refractivity contribution in [1.29, 1.82) is 0 Å². The van der Waals surface area contributed by atoms with Gasteiger partial charge in [0.1, 0.15) is 5.75 Å². The van der Waals surface area contributed by atoms with E-state index < -0.39 is 0 Å². The molecule has 2 rings (SSSR count). The van der Waals surface area contributed by atoms with E-state index in [1.165, 1.54) is 19.3 Å². The minimum absolute atomic E-state index is 0.143. The summed E-state index contributed by atoms with van der Waals surface area (Å²) in [5.74, 6) is 0.800. The molecule has 0 spiro atoms. The minimum Gasteiger partial charge on any atom is -0.494 e. The normalized spacial score (nSPS) is 10.5. The van der Waals surface area contributed by atoms with Gasteiger partial charge in [-0.1, -0.05) is 56.0 Å². The molecule has 0 fully saturated rings. The first-order valence-electron chi connectivity index (χ1n) is 10.2. The summed E-state index contributed by atoms with van der Waals surface area (Å²) in [5, 5.41) is 0. The van der Waals surface area contributed by atoms with Crippen molar-refractivity contribution in [3.63, 3.8) is 0 Å². The van der Waals surface area contributed by atoms with Crippen molar-refractivity contribution in [3.8, 4) is 5.75 Å². The van der Waals surface area contributed by atoms with E-state index in [2.05, 4.69) is 0 Å². The van der Waals surface area contributed by atoms with Crippen molar-refractivity contribution in [3.05, 3.63) is 60.2 Å². The van der Waals surface area contributed by atoms with Gasteiger partial charge >= 0.3 is 5.97 Å². The van der Waals surface area contributed by atoms with E-state index in [0.29, 0.717) is 13.0 Å². The van der Waals surface area contributed by atoms with Gasteiger partial charge in [0.2, 0.25) is 0 Å². The topological polar surface area (TPSA) is 38.8 Å². The third-order valence-electron chi connectivity index (χ3n) is 4.61. The molecule has 0 atom stereocenters. The van der Waals surface area contributed by atoms with Crippen molar-refractivity contribution in [1.82, 2.24) is 0 Å². The quantitative estimate of drug-likeness (QED) is 0.349. The number of ether oxygens (including phenoxy) is 2. The molecule has 0 aliphatic heterocycles. The number of anilines is 1. The molecule has 2 aromatic carbocycles. The maximum atomic E-state index is 11.9. The summed E-state index contributed by atoms with van der Waals surface area (Å²) in [6.07, 6.45) is 7.01. The molecule has 2 aromatic rings. The molecule has 28 heavy (non-hydrogen) atoms. The van der Waals surface area contributed by atoms with E-state index in [4.69, 9.17) is 9.47 Å². The van der Waals surface area contributed by atoms with Crippen LogP contribution in [-0.2, 0) is 16.0 Å². The summed E-state index contributed by atoms with van der Waals surface area (Å²) in [7, 11) is 4.00. The molecule has 0 radical (unpaired) electrons. The highest BCUT2D eigenvalue weighted by molar-refractivity contribution is 5.72.